The molecule has 0 aliphatic heterocycles. The fourth-order valence-corrected chi connectivity index (χ4v) is 2.68. The molecule has 9 nitrogen and oxygen atoms in total. The summed E-state index contributed by atoms with van der Waals surface area (Å²) in [6, 6.07) is 10.9. The number of amides is 1. The van der Waals surface area contributed by atoms with Crippen LogP contribution < -0.4 is 15.8 Å². The molecule has 140 valence electrons. The monoisotopic (exact) mass is 371 g/mol. The quantitative estimate of drug-likeness (QED) is 0.504. The summed E-state index contributed by atoms with van der Waals surface area (Å²) in [6.07, 6.45) is 0.617. The maximum absolute atomic E-state index is 12.0. The van der Waals surface area contributed by atoms with Crippen molar-refractivity contribution in [2.45, 2.75) is 19.4 Å². The zero-order valence-electron chi connectivity index (χ0n) is 14.5. The van der Waals surface area contributed by atoms with Crippen LogP contribution in [0.3, 0.4) is 0 Å². The first-order chi connectivity index (χ1) is 13.0. The van der Waals surface area contributed by atoms with E-state index in [0.717, 1.165) is 0 Å². The van der Waals surface area contributed by atoms with Gasteiger partial charge in [0.25, 0.3) is 5.69 Å². The van der Waals surface area contributed by atoms with Gasteiger partial charge >= 0.3 is 5.76 Å². The zero-order valence-corrected chi connectivity index (χ0v) is 14.5. The van der Waals surface area contributed by atoms with Crippen molar-refractivity contribution in [2.24, 2.45) is 0 Å². The van der Waals surface area contributed by atoms with Crippen LogP contribution in [0.2, 0.25) is 0 Å². The lowest BCUT2D eigenvalue weighted by Crippen LogP contribution is -2.17. The molecule has 0 spiro atoms. The second-order valence-electron chi connectivity index (χ2n) is 5.81. The summed E-state index contributed by atoms with van der Waals surface area (Å²) in [5.74, 6) is -0.0999. The van der Waals surface area contributed by atoms with E-state index < -0.39 is 10.7 Å². The SMILES string of the molecule is COc1ccc(NC(=O)CCCn2c(=O)oc3cc([N+](=O)[O-])ccc32)cc1. The van der Waals surface area contributed by atoms with Crippen LogP contribution in [0.25, 0.3) is 11.1 Å². The molecule has 1 heterocycles. The Morgan fingerprint density at radius 3 is 2.67 bits per heavy atom. The molecule has 0 saturated heterocycles. The van der Waals surface area contributed by atoms with Crippen molar-refractivity contribution >= 4 is 28.4 Å². The number of nitrogens with one attached hydrogen (secondary N) is 1. The Morgan fingerprint density at radius 2 is 2.00 bits per heavy atom. The van der Waals surface area contributed by atoms with Crippen LogP contribution in [0.15, 0.2) is 51.7 Å². The summed E-state index contributed by atoms with van der Waals surface area (Å²) in [6.45, 7) is 0.264. The number of aromatic nitrogens is 1. The minimum atomic E-state index is -0.610. The first-order valence-electron chi connectivity index (χ1n) is 8.19. The fourth-order valence-electron chi connectivity index (χ4n) is 2.68. The largest absolute Gasteiger partial charge is 0.497 e. The van der Waals surface area contributed by atoms with Crippen LogP contribution in [-0.4, -0.2) is 22.5 Å². The molecular weight excluding hydrogens is 354 g/mol. The highest BCUT2D eigenvalue weighted by Gasteiger charge is 2.14. The maximum atomic E-state index is 12.0. The van der Waals surface area contributed by atoms with E-state index in [1.165, 1.54) is 22.8 Å². The number of hydrogen-bond acceptors (Lipinski definition) is 6. The maximum Gasteiger partial charge on any atom is 0.419 e. The Balaban J connectivity index is 1.61. The van der Waals surface area contributed by atoms with E-state index >= 15 is 0 Å². The third-order valence-electron chi connectivity index (χ3n) is 4.02. The second-order valence-corrected chi connectivity index (χ2v) is 5.81. The average molecular weight is 371 g/mol. The molecule has 0 unspecified atom stereocenters. The van der Waals surface area contributed by atoms with Gasteiger partial charge in [-0.1, -0.05) is 0 Å². The molecule has 1 N–H and O–H groups in total. The zero-order chi connectivity index (χ0) is 19.4. The van der Waals surface area contributed by atoms with E-state index in [1.807, 2.05) is 0 Å². The van der Waals surface area contributed by atoms with Gasteiger partial charge in [-0.2, -0.15) is 0 Å². The molecule has 2 aromatic carbocycles. The highest BCUT2D eigenvalue weighted by molar-refractivity contribution is 5.90. The van der Waals surface area contributed by atoms with Crippen molar-refractivity contribution < 1.29 is 18.9 Å². The van der Waals surface area contributed by atoms with Gasteiger partial charge < -0.3 is 14.5 Å². The molecule has 1 amide bonds. The molecule has 0 saturated carbocycles. The van der Waals surface area contributed by atoms with E-state index in [4.69, 9.17) is 9.15 Å². The topological polar surface area (TPSA) is 117 Å². The number of nitrogens with zero attached hydrogens (tertiary/aromatic N) is 2. The van der Waals surface area contributed by atoms with Crippen LogP contribution >= 0.6 is 0 Å². The number of oxazole rings is 1. The lowest BCUT2D eigenvalue weighted by atomic mass is 10.2. The Morgan fingerprint density at radius 1 is 1.26 bits per heavy atom. The molecule has 1 aromatic heterocycles. The number of nitro groups is 1. The highest BCUT2D eigenvalue weighted by atomic mass is 16.6. The average Bonchev–Trinajstić information content (AvgIpc) is 2.97. The van der Waals surface area contributed by atoms with Crippen molar-refractivity contribution in [3.63, 3.8) is 0 Å². The molecule has 0 radical (unpaired) electrons. The molecule has 27 heavy (non-hydrogen) atoms. The van der Waals surface area contributed by atoms with Crippen molar-refractivity contribution in [1.82, 2.24) is 4.57 Å². The van der Waals surface area contributed by atoms with E-state index in [0.29, 0.717) is 23.4 Å². The molecule has 9 heteroatoms. The van der Waals surface area contributed by atoms with Crippen molar-refractivity contribution in [3.8, 4) is 5.75 Å². The summed E-state index contributed by atoms with van der Waals surface area (Å²) in [7, 11) is 1.56. The number of ether oxygens (including phenoxy) is 1. The smallest absolute Gasteiger partial charge is 0.419 e. The minimum absolute atomic E-state index is 0.150. The number of nitro benzene ring substituents is 1. The first kappa shape index (κ1) is 18.2. The number of anilines is 1. The number of rotatable bonds is 7. The minimum Gasteiger partial charge on any atom is -0.497 e. The van der Waals surface area contributed by atoms with E-state index in [1.54, 1.807) is 31.4 Å². The normalized spacial score (nSPS) is 10.7. The van der Waals surface area contributed by atoms with E-state index in [9.17, 15) is 19.7 Å². The number of aryl methyl sites for hydroxylation is 1. The molecule has 3 aromatic rings. The van der Waals surface area contributed by atoms with Crippen molar-refractivity contribution in [2.75, 3.05) is 12.4 Å². The molecule has 0 aliphatic carbocycles. The summed E-state index contributed by atoms with van der Waals surface area (Å²) in [4.78, 5) is 34.2. The van der Waals surface area contributed by atoms with E-state index in [-0.39, 0.29) is 30.1 Å². The summed E-state index contributed by atoms with van der Waals surface area (Å²) >= 11 is 0. The van der Waals surface area contributed by atoms with Crippen LogP contribution in [0.1, 0.15) is 12.8 Å². The Bertz CT molecular complexity index is 1040. The lowest BCUT2D eigenvalue weighted by Gasteiger charge is -2.06. The number of non-ortho nitro benzene ring substituents is 1. The number of fused-ring (bicyclic) bond motifs is 1. The van der Waals surface area contributed by atoms with Crippen LogP contribution in [0, 0.1) is 10.1 Å². The molecule has 0 aliphatic rings. The van der Waals surface area contributed by atoms with Gasteiger partial charge in [0.1, 0.15) is 5.75 Å². The molecule has 3 rings (SSSR count). The van der Waals surface area contributed by atoms with Gasteiger partial charge in [-0.3, -0.25) is 19.5 Å². The van der Waals surface area contributed by atoms with Crippen molar-refractivity contribution in [1.29, 1.82) is 0 Å². The highest BCUT2D eigenvalue weighted by Crippen LogP contribution is 2.20. The first-order valence-corrected chi connectivity index (χ1v) is 8.19. The Hall–Kier alpha value is -3.62. The Labute approximate surface area is 153 Å². The number of hydrogen-bond donors (Lipinski definition) is 1. The molecule has 0 atom stereocenters. The van der Waals surface area contributed by atoms with Gasteiger partial charge in [0.2, 0.25) is 5.91 Å². The Kier molecular flexibility index (Phi) is 5.20. The summed E-state index contributed by atoms with van der Waals surface area (Å²) in [5.41, 5.74) is 1.11. The lowest BCUT2D eigenvalue weighted by molar-refractivity contribution is -0.384. The molecular formula is C18H17N3O6. The fraction of sp³-hybridized carbons (Fsp3) is 0.222. The number of benzene rings is 2. The van der Waals surface area contributed by atoms with Gasteiger partial charge in [-0.05, 0) is 36.8 Å². The van der Waals surface area contributed by atoms with Crippen molar-refractivity contribution in [3.05, 3.63) is 63.1 Å². The third kappa shape index (κ3) is 4.14. The molecule has 0 bridgehead atoms. The van der Waals surface area contributed by atoms with Gasteiger partial charge in [0, 0.05) is 24.7 Å². The van der Waals surface area contributed by atoms with Gasteiger partial charge in [-0.15, -0.1) is 0 Å². The van der Waals surface area contributed by atoms with Crippen LogP contribution in [0.4, 0.5) is 11.4 Å². The van der Waals surface area contributed by atoms with Crippen LogP contribution in [-0.2, 0) is 11.3 Å². The predicted octanol–water partition coefficient (Wildman–Crippen LogP) is 2.93. The number of carbonyl (C=O) groups is 1. The van der Waals surface area contributed by atoms with Crippen LogP contribution in [0.5, 0.6) is 5.75 Å². The van der Waals surface area contributed by atoms with E-state index in [2.05, 4.69) is 5.32 Å². The third-order valence-corrected chi connectivity index (χ3v) is 4.02. The predicted molar refractivity (Wildman–Crippen MR) is 98.0 cm³/mol. The van der Waals surface area contributed by atoms with Gasteiger partial charge in [0.05, 0.1) is 23.6 Å². The standard InChI is InChI=1S/C18H17N3O6/c1-26-14-7-4-12(5-8-14)19-17(22)3-2-10-20-15-9-6-13(21(24)25)11-16(15)27-18(20)23/h4-9,11H,2-3,10H2,1H3,(H,19,22). The summed E-state index contributed by atoms with van der Waals surface area (Å²) < 4.78 is 11.5. The number of methoxy groups -OCH3 is 1. The van der Waals surface area contributed by atoms with Gasteiger partial charge in [-0.25, -0.2) is 4.79 Å². The second kappa shape index (κ2) is 7.73. The van der Waals surface area contributed by atoms with Gasteiger partial charge in [0.15, 0.2) is 5.58 Å². The molecule has 0 fully saturated rings. The summed E-state index contributed by atoms with van der Waals surface area (Å²) in [5, 5.41) is 13.6. The number of carbonyl (C=O) groups excluding carboxylic acids is 1.